The molecule has 3 aromatic heterocycles. The number of fused-ring (bicyclic) bond motifs is 6. The van der Waals surface area contributed by atoms with Crippen molar-refractivity contribution in [2.24, 2.45) is 0 Å². The molecule has 0 saturated heterocycles. The maximum Gasteiger partial charge on any atom is 0.194 e. The van der Waals surface area contributed by atoms with Crippen molar-refractivity contribution in [3.63, 3.8) is 0 Å². The molecule has 0 unspecified atom stereocenters. The lowest BCUT2D eigenvalue weighted by Gasteiger charge is -2.20. The first-order chi connectivity index (χ1) is 35.0. The van der Waals surface area contributed by atoms with Crippen LogP contribution in [0, 0.1) is 42.7 Å². The van der Waals surface area contributed by atoms with Gasteiger partial charge in [0, 0.05) is 27.1 Å². The van der Waals surface area contributed by atoms with Gasteiger partial charge < -0.3 is 9.13 Å². The Morgan fingerprint density at radius 2 is 0.817 bits per heavy atom. The van der Waals surface area contributed by atoms with Gasteiger partial charge in [-0.2, -0.15) is 10.5 Å². The van der Waals surface area contributed by atoms with Crippen molar-refractivity contribution in [1.82, 2.24) is 14.1 Å². The zero-order chi connectivity index (χ0) is 48.2. The fourth-order valence-electron chi connectivity index (χ4n) is 10.4. The van der Waals surface area contributed by atoms with Crippen molar-refractivity contribution in [2.45, 2.75) is 6.92 Å². The molecular formula is C64H37N7. The monoisotopic (exact) mass is 903 g/mol. The van der Waals surface area contributed by atoms with Gasteiger partial charge in [0.1, 0.15) is 0 Å². The summed E-state index contributed by atoms with van der Waals surface area (Å²) in [4.78, 5) is 13.0. The predicted octanol–water partition coefficient (Wildman–Crippen LogP) is 16.8. The molecule has 71 heavy (non-hydrogen) atoms. The number of benzene rings is 9. The van der Waals surface area contributed by atoms with Crippen LogP contribution in [0.4, 0.5) is 11.4 Å². The van der Waals surface area contributed by atoms with Gasteiger partial charge in [-0.25, -0.2) is 9.69 Å². The average Bonchev–Trinajstić information content (AvgIpc) is 3.93. The molecule has 3 heterocycles. The smallest absolute Gasteiger partial charge is 0.194 e. The number of nitrogens with zero attached hydrogens (tertiary/aromatic N) is 7. The summed E-state index contributed by atoms with van der Waals surface area (Å²) in [6.07, 6.45) is 3.84. The Kier molecular flexibility index (Phi) is 10.1. The van der Waals surface area contributed by atoms with E-state index in [1.807, 2.05) is 109 Å². The van der Waals surface area contributed by atoms with E-state index in [-0.39, 0.29) is 0 Å². The number of aromatic nitrogens is 3. The fraction of sp³-hybridized carbons (Fsp3) is 0.0156. The highest BCUT2D eigenvalue weighted by atomic mass is 15.0. The molecule has 0 spiro atoms. The Hall–Kier alpha value is -10.3. The van der Waals surface area contributed by atoms with Crippen molar-refractivity contribution in [3.05, 3.63) is 246 Å². The number of rotatable bonds is 7. The van der Waals surface area contributed by atoms with Crippen LogP contribution >= 0.6 is 0 Å². The molecule has 0 fully saturated rings. The number of hydrogen-bond acceptors (Lipinski definition) is 3. The number of nitriles is 2. The van der Waals surface area contributed by atoms with E-state index in [1.165, 1.54) is 0 Å². The Bertz CT molecular complexity index is 4240. The van der Waals surface area contributed by atoms with Crippen molar-refractivity contribution in [2.75, 3.05) is 0 Å². The Balaban J connectivity index is 1.24. The highest BCUT2D eigenvalue weighted by molar-refractivity contribution is 6.14. The topological polar surface area (TPSA) is 79.0 Å². The summed E-state index contributed by atoms with van der Waals surface area (Å²) in [6.45, 7) is 18.3. The maximum absolute atomic E-state index is 10.3. The van der Waals surface area contributed by atoms with Gasteiger partial charge in [-0.3, -0.25) is 4.98 Å². The molecule has 0 aliphatic rings. The third kappa shape index (κ3) is 6.90. The summed E-state index contributed by atoms with van der Waals surface area (Å²) in [5, 5.41) is 24.4. The van der Waals surface area contributed by atoms with Gasteiger partial charge in [0.2, 0.25) is 0 Å². The third-order valence-electron chi connectivity index (χ3n) is 13.7. The van der Waals surface area contributed by atoms with Crippen LogP contribution in [0.25, 0.3) is 120 Å². The second-order valence-corrected chi connectivity index (χ2v) is 17.6. The van der Waals surface area contributed by atoms with E-state index in [9.17, 15) is 10.5 Å². The minimum absolute atomic E-state index is 0.537. The highest BCUT2D eigenvalue weighted by Gasteiger charge is 2.25. The van der Waals surface area contributed by atoms with Gasteiger partial charge in [0.05, 0.1) is 82.2 Å². The first-order valence-corrected chi connectivity index (χ1v) is 23.1. The van der Waals surface area contributed by atoms with Crippen molar-refractivity contribution in [3.8, 4) is 79.1 Å². The largest absolute Gasteiger partial charge is 0.307 e. The molecule has 328 valence electrons. The number of aryl methyl sites for hydroxylation is 1. The first kappa shape index (κ1) is 42.1. The second kappa shape index (κ2) is 17.1. The summed E-state index contributed by atoms with van der Waals surface area (Å²) < 4.78 is 4.57. The fourth-order valence-corrected chi connectivity index (χ4v) is 10.4. The lowest BCUT2D eigenvalue weighted by atomic mass is 9.98. The molecule has 0 aliphatic heterocycles. The Labute approximate surface area is 409 Å². The van der Waals surface area contributed by atoms with E-state index in [0.717, 1.165) is 116 Å². The summed E-state index contributed by atoms with van der Waals surface area (Å²) in [5.41, 5.74) is 17.8. The number of hydrogen-bond donors (Lipinski definition) is 0. The molecule has 0 bridgehead atoms. The summed E-state index contributed by atoms with van der Waals surface area (Å²) >= 11 is 0. The van der Waals surface area contributed by atoms with Crippen LogP contribution in [0.1, 0.15) is 16.7 Å². The standard InChI is InChI=1S/C64H37N7/c1-40-12-4-6-14-48(40)43-24-28-52-53-29-25-44(49-15-7-5-13-47(49)37-66)33-59(53)70(58(52)32-43)62-38-69-39-63(64(62)42-22-20-41(36-65)21-23-42)71-60-34-45(50-16-8-10-18-56(50)67-2)26-30-54(60)55-31-27-46(35-61(55)71)51-17-9-11-19-57(51)68-3/h4-35,38-39H,1H3. The molecule has 0 N–H and O–H groups in total. The zero-order valence-electron chi connectivity index (χ0n) is 38.3. The summed E-state index contributed by atoms with van der Waals surface area (Å²) in [5.74, 6) is 0. The van der Waals surface area contributed by atoms with Gasteiger partial charge in [0.15, 0.2) is 11.4 Å². The summed E-state index contributed by atoms with van der Waals surface area (Å²) in [6, 6.07) is 69.8. The lowest BCUT2D eigenvalue weighted by Crippen LogP contribution is -2.05. The highest BCUT2D eigenvalue weighted by Crippen LogP contribution is 2.45. The Morgan fingerprint density at radius 1 is 0.423 bits per heavy atom. The van der Waals surface area contributed by atoms with Crippen molar-refractivity contribution in [1.29, 1.82) is 10.5 Å². The first-order valence-electron chi connectivity index (χ1n) is 23.1. The zero-order valence-corrected chi connectivity index (χ0v) is 38.3. The van der Waals surface area contributed by atoms with Crippen LogP contribution in [-0.4, -0.2) is 14.1 Å². The molecule has 0 aliphatic carbocycles. The quantitative estimate of drug-likeness (QED) is 0.149. The molecule has 0 amide bonds. The Morgan fingerprint density at radius 3 is 1.27 bits per heavy atom. The van der Waals surface area contributed by atoms with E-state index in [2.05, 4.69) is 135 Å². The molecule has 12 aromatic rings. The van der Waals surface area contributed by atoms with Gasteiger partial charge in [-0.15, -0.1) is 0 Å². The molecule has 7 heteroatoms. The second-order valence-electron chi connectivity index (χ2n) is 17.6. The molecular weight excluding hydrogens is 867 g/mol. The summed E-state index contributed by atoms with van der Waals surface area (Å²) in [7, 11) is 0. The molecule has 9 aromatic carbocycles. The van der Waals surface area contributed by atoms with Gasteiger partial charge >= 0.3 is 0 Å². The SMILES string of the molecule is [C-]#[N+]c1ccccc1-c1ccc2c3ccc(-c4ccccc4[N+]#[C-])cc3n(-c3cncc(-n4c5cc(-c6ccccc6C)ccc5c5ccc(-c6ccccc6C#N)cc54)c3-c3ccc(C#N)cc3)c2c1. The number of para-hydroxylation sites is 2. The van der Waals surface area contributed by atoms with Crippen molar-refractivity contribution >= 4 is 55.0 Å². The molecule has 12 rings (SSSR count). The van der Waals surface area contributed by atoms with E-state index in [1.54, 1.807) is 0 Å². The van der Waals surface area contributed by atoms with Crippen LogP contribution in [-0.2, 0) is 0 Å². The minimum atomic E-state index is 0.537. The van der Waals surface area contributed by atoms with Crippen LogP contribution in [0.15, 0.2) is 207 Å². The van der Waals surface area contributed by atoms with E-state index < -0.39 is 0 Å². The van der Waals surface area contributed by atoms with Crippen molar-refractivity contribution < 1.29 is 0 Å². The van der Waals surface area contributed by atoms with Crippen LogP contribution < -0.4 is 0 Å². The van der Waals surface area contributed by atoms with Gasteiger partial charge in [0.25, 0.3) is 0 Å². The molecule has 0 atom stereocenters. The molecule has 0 saturated carbocycles. The average molecular weight is 904 g/mol. The van der Waals surface area contributed by atoms with Crippen LogP contribution in [0.2, 0.25) is 0 Å². The maximum atomic E-state index is 10.3. The molecule has 7 nitrogen and oxygen atoms in total. The third-order valence-corrected chi connectivity index (χ3v) is 13.7. The van der Waals surface area contributed by atoms with E-state index >= 15 is 0 Å². The lowest BCUT2D eigenvalue weighted by molar-refractivity contribution is 1.09. The van der Waals surface area contributed by atoms with Crippen LogP contribution in [0.5, 0.6) is 0 Å². The van der Waals surface area contributed by atoms with E-state index in [0.29, 0.717) is 22.5 Å². The van der Waals surface area contributed by atoms with Gasteiger partial charge in [-0.1, -0.05) is 152 Å². The van der Waals surface area contributed by atoms with Crippen LogP contribution in [0.3, 0.4) is 0 Å². The molecule has 0 radical (unpaired) electrons. The van der Waals surface area contributed by atoms with Gasteiger partial charge in [-0.05, 0) is 105 Å². The predicted molar refractivity (Wildman–Crippen MR) is 287 cm³/mol. The minimum Gasteiger partial charge on any atom is -0.307 e. The normalized spacial score (nSPS) is 11.1. The number of pyridine rings is 1. The van der Waals surface area contributed by atoms with E-state index in [4.69, 9.17) is 18.1 Å².